The maximum absolute atomic E-state index is 12.9. The van der Waals surface area contributed by atoms with E-state index in [1.54, 1.807) is 26.4 Å². The molecule has 7 nitrogen and oxygen atoms in total. The van der Waals surface area contributed by atoms with Gasteiger partial charge in [-0.25, -0.2) is 0 Å². The van der Waals surface area contributed by atoms with Gasteiger partial charge in [0.25, 0.3) is 5.91 Å². The molecule has 0 radical (unpaired) electrons. The second-order valence-electron chi connectivity index (χ2n) is 6.49. The molecule has 2 heterocycles. The molecule has 2 aromatic rings. The Bertz CT molecular complexity index is 779. The minimum Gasteiger partial charge on any atom is -0.493 e. The number of carbonyl (C=O) groups is 1. The van der Waals surface area contributed by atoms with E-state index in [9.17, 15) is 4.79 Å². The number of rotatable bonds is 5. The molecule has 140 valence electrons. The zero-order valence-corrected chi connectivity index (χ0v) is 15.9. The molecule has 0 bridgehead atoms. The number of aromatic nitrogens is 2. The number of carbonyl (C=O) groups excluding carboxylic acids is 1. The molecule has 0 aliphatic carbocycles. The summed E-state index contributed by atoms with van der Waals surface area (Å²) in [7, 11) is 5.09. The number of para-hydroxylation sites is 1. The summed E-state index contributed by atoms with van der Waals surface area (Å²) in [5.41, 5.74) is 2.97. The third-order valence-electron chi connectivity index (χ3n) is 5.02. The van der Waals surface area contributed by atoms with Crippen LogP contribution < -0.4 is 9.47 Å². The first-order valence-corrected chi connectivity index (χ1v) is 8.75. The number of ether oxygens (including phenoxy) is 2. The van der Waals surface area contributed by atoms with E-state index in [-0.39, 0.29) is 5.91 Å². The van der Waals surface area contributed by atoms with Gasteiger partial charge in [0.15, 0.2) is 11.5 Å². The van der Waals surface area contributed by atoms with E-state index in [2.05, 4.69) is 16.9 Å². The summed E-state index contributed by atoms with van der Waals surface area (Å²) in [6, 6.07) is 5.40. The summed E-state index contributed by atoms with van der Waals surface area (Å²) < 4.78 is 12.6. The van der Waals surface area contributed by atoms with Crippen molar-refractivity contribution < 1.29 is 14.3 Å². The number of benzene rings is 1. The molecule has 0 saturated carbocycles. The number of nitrogens with zero attached hydrogens (tertiary/aromatic N) is 4. The van der Waals surface area contributed by atoms with Gasteiger partial charge in [0.1, 0.15) is 0 Å². The van der Waals surface area contributed by atoms with Gasteiger partial charge < -0.3 is 14.4 Å². The Kier molecular flexibility index (Phi) is 5.46. The van der Waals surface area contributed by atoms with Gasteiger partial charge in [0.2, 0.25) is 0 Å². The van der Waals surface area contributed by atoms with Crippen molar-refractivity contribution in [1.29, 1.82) is 0 Å². The Morgan fingerprint density at radius 3 is 2.46 bits per heavy atom. The predicted octanol–water partition coefficient (Wildman–Crippen LogP) is 1.70. The van der Waals surface area contributed by atoms with Crippen molar-refractivity contribution in [3.63, 3.8) is 0 Å². The van der Waals surface area contributed by atoms with E-state index in [4.69, 9.17) is 9.47 Å². The van der Waals surface area contributed by atoms with Gasteiger partial charge in [-0.3, -0.25) is 14.4 Å². The van der Waals surface area contributed by atoms with Gasteiger partial charge in [-0.05, 0) is 19.1 Å². The zero-order valence-electron chi connectivity index (χ0n) is 15.9. The monoisotopic (exact) mass is 358 g/mol. The quantitative estimate of drug-likeness (QED) is 0.814. The Morgan fingerprint density at radius 1 is 1.15 bits per heavy atom. The van der Waals surface area contributed by atoms with Crippen LogP contribution in [0.4, 0.5) is 0 Å². The summed E-state index contributed by atoms with van der Waals surface area (Å²) in [5, 5.41) is 4.30. The van der Waals surface area contributed by atoms with Crippen molar-refractivity contribution in [2.75, 3.05) is 40.4 Å². The number of hydrogen-bond donors (Lipinski definition) is 0. The average Bonchev–Trinajstić information content (AvgIpc) is 2.99. The molecular formula is C19H26N4O3. The van der Waals surface area contributed by atoms with Crippen LogP contribution in [-0.2, 0) is 13.6 Å². The summed E-state index contributed by atoms with van der Waals surface area (Å²) in [4.78, 5) is 17.2. The van der Waals surface area contributed by atoms with E-state index >= 15 is 0 Å². The topological polar surface area (TPSA) is 59.8 Å². The molecule has 7 heteroatoms. The van der Waals surface area contributed by atoms with Crippen LogP contribution in [0.25, 0.3) is 0 Å². The first kappa shape index (κ1) is 18.3. The van der Waals surface area contributed by atoms with Crippen LogP contribution in [0.2, 0.25) is 0 Å². The zero-order chi connectivity index (χ0) is 18.7. The van der Waals surface area contributed by atoms with Crippen LogP contribution in [0.15, 0.2) is 24.4 Å². The molecule has 0 spiro atoms. The van der Waals surface area contributed by atoms with E-state index in [1.807, 2.05) is 28.9 Å². The normalized spacial score (nSPS) is 15.2. The first-order valence-electron chi connectivity index (χ1n) is 8.75. The van der Waals surface area contributed by atoms with Crippen molar-refractivity contribution in [3.8, 4) is 11.5 Å². The van der Waals surface area contributed by atoms with Crippen LogP contribution in [0.5, 0.6) is 11.5 Å². The number of piperazine rings is 1. The van der Waals surface area contributed by atoms with E-state index < -0.39 is 0 Å². The van der Waals surface area contributed by atoms with Crippen LogP contribution in [0.1, 0.15) is 21.6 Å². The Hall–Kier alpha value is -2.54. The summed E-state index contributed by atoms with van der Waals surface area (Å²) >= 11 is 0. The Balaban J connectivity index is 1.65. The molecule has 3 rings (SSSR count). The minimum absolute atomic E-state index is 0.0158. The lowest BCUT2D eigenvalue weighted by Crippen LogP contribution is -2.48. The highest BCUT2D eigenvalue weighted by molar-refractivity contribution is 5.97. The molecule has 1 aromatic heterocycles. The fourth-order valence-corrected chi connectivity index (χ4v) is 3.28. The molecule has 1 aliphatic rings. The maximum atomic E-state index is 12.9. The second kappa shape index (κ2) is 7.78. The fraction of sp³-hybridized carbons (Fsp3) is 0.474. The number of amides is 1. The molecule has 0 unspecified atom stereocenters. The van der Waals surface area contributed by atoms with Crippen LogP contribution in [0.3, 0.4) is 0 Å². The first-order chi connectivity index (χ1) is 12.5. The molecule has 1 fully saturated rings. The van der Waals surface area contributed by atoms with Crippen LogP contribution in [-0.4, -0.2) is 65.9 Å². The molecule has 1 aromatic carbocycles. The Morgan fingerprint density at radius 2 is 1.88 bits per heavy atom. The predicted molar refractivity (Wildman–Crippen MR) is 98.7 cm³/mol. The number of aryl methyl sites for hydroxylation is 1. The fourth-order valence-electron chi connectivity index (χ4n) is 3.28. The third kappa shape index (κ3) is 3.53. The van der Waals surface area contributed by atoms with Crippen molar-refractivity contribution in [2.45, 2.75) is 13.5 Å². The maximum Gasteiger partial charge on any atom is 0.257 e. The van der Waals surface area contributed by atoms with Gasteiger partial charge in [-0.15, -0.1) is 0 Å². The van der Waals surface area contributed by atoms with Crippen molar-refractivity contribution in [2.24, 2.45) is 7.05 Å². The van der Waals surface area contributed by atoms with Gasteiger partial charge in [-0.2, -0.15) is 5.10 Å². The lowest BCUT2D eigenvalue weighted by atomic mass is 10.1. The molecule has 1 saturated heterocycles. The van der Waals surface area contributed by atoms with Crippen LogP contribution >= 0.6 is 0 Å². The summed E-state index contributed by atoms with van der Waals surface area (Å²) in [6.45, 7) is 6.01. The van der Waals surface area contributed by atoms with Crippen molar-refractivity contribution in [1.82, 2.24) is 19.6 Å². The average molecular weight is 358 g/mol. The highest BCUT2D eigenvalue weighted by atomic mass is 16.5. The SMILES string of the molecule is COc1cccc(C(=O)N2CCN(Cc3cnn(C)c3C)CC2)c1OC. The molecule has 26 heavy (non-hydrogen) atoms. The summed E-state index contributed by atoms with van der Waals surface area (Å²) in [5.74, 6) is 1.05. The minimum atomic E-state index is -0.0158. The van der Waals surface area contributed by atoms with E-state index in [0.29, 0.717) is 30.2 Å². The van der Waals surface area contributed by atoms with Gasteiger partial charge in [0.05, 0.1) is 26.0 Å². The van der Waals surface area contributed by atoms with Gasteiger partial charge in [0, 0.05) is 51.0 Å². The molecule has 0 N–H and O–H groups in total. The lowest BCUT2D eigenvalue weighted by Gasteiger charge is -2.35. The smallest absolute Gasteiger partial charge is 0.257 e. The van der Waals surface area contributed by atoms with E-state index in [1.165, 1.54) is 11.3 Å². The molecule has 1 amide bonds. The number of hydrogen-bond acceptors (Lipinski definition) is 5. The van der Waals surface area contributed by atoms with Gasteiger partial charge >= 0.3 is 0 Å². The van der Waals surface area contributed by atoms with E-state index in [0.717, 1.165) is 19.6 Å². The van der Waals surface area contributed by atoms with Crippen molar-refractivity contribution >= 4 is 5.91 Å². The highest BCUT2D eigenvalue weighted by Crippen LogP contribution is 2.31. The lowest BCUT2D eigenvalue weighted by molar-refractivity contribution is 0.0624. The highest BCUT2D eigenvalue weighted by Gasteiger charge is 2.26. The molecule has 1 aliphatic heterocycles. The second-order valence-corrected chi connectivity index (χ2v) is 6.49. The standard InChI is InChI=1S/C19H26N4O3/c1-14-15(12-20-21(14)2)13-22-8-10-23(11-9-22)19(24)16-6-5-7-17(25-3)18(16)26-4/h5-7,12H,8-11,13H2,1-4H3. The van der Waals surface area contributed by atoms with Crippen molar-refractivity contribution in [3.05, 3.63) is 41.2 Å². The Labute approximate surface area is 154 Å². The summed E-state index contributed by atoms with van der Waals surface area (Å²) in [6.07, 6.45) is 1.92. The molecule has 0 atom stereocenters. The third-order valence-corrected chi connectivity index (χ3v) is 5.02. The molecular weight excluding hydrogens is 332 g/mol. The number of methoxy groups -OCH3 is 2. The largest absolute Gasteiger partial charge is 0.493 e. The van der Waals surface area contributed by atoms with Gasteiger partial charge in [-0.1, -0.05) is 6.07 Å². The van der Waals surface area contributed by atoms with Crippen LogP contribution in [0, 0.1) is 6.92 Å².